The molecule has 1 N–H and O–H groups in total. The molecule has 0 aliphatic heterocycles. The van der Waals surface area contributed by atoms with E-state index in [2.05, 4.69) is 6.92 Å². The summed E-state index contributed by atoms with van der Waals surface area (Å²) in [6.07, 6.45) is -0.0323. The number of carboxylic acids is 1. The molecule has 2 rings (SSSR count). The zero-order valence-electron chi connectivity index (χ0n) is 10.7. The molecular formula is C16H16O3. The van der Waals surface area contributed by atoms with Gasteiger partial charge in [0.15, 0.2) is 0 Å². The average molecular weight is 256 g/mol. The molecule has 0 heterocycles. The third-order valence-electron chi connectivity index (χ3n) is 2.91. The molecule has 1 atom stereocenters. The fourth-order valence-corrected chi connectivity index (χ4v) is 1.83. The second kappa shape index (κ2) is 6.05. The van der Waals surface area contributed by atoms with Crippen molar-refractivity contribution < 1.29 is 14.6 Å². The lowest BCUT2D eigenvalue weighted by atomic mass is 10.1. The van der Waals surface area contributed by atoms with Crippen LogP contribution in [0.25, 0.3) is 0 Å². The number of hydrogen-bond donors (Lipinski definition) is 1. The molecule has 0 aliphatic carbocycles. The maximum atomic E-state index is 11.3. The summed E-state index contributed by atoms with van der Waals surface area (Å²) in [5.41, 5.74) is 1.83. The summed E-state index contributed by atoms with van der Waals surface area (Å²) < 4.78 is 5.56. The van der Waals surface area contributed by atoms with Crippen LogP contribution in [0.2, 0.25) is 0 Å². The first-order valence-corrected chi connectivity index (χ1v) is 6.24. The van der Waals surface area contributed by atoms with Crippen molar-refractivity contribution in [3.05, 3.63) is 65.7 Å². The predicted molar refractivity (Wildman–Crippen MR) is 73.3 cm³/mol. The molecule has 0 spiro atoms. The lowest BCUT2D eigenvalue weighted by Gasteiger charge is -2.15. The molecule has 0 bridgehead atoms. The molecule has 0 saturated carbocycles. The predicted octanol–water partition coefficient (Wildman–Crippen LogP) is 3.45. The fraction of sp³-hybridized carbons (Fsp3) is 0.188. The molecule has 1 unspecified atom stereocenters. The van der Waals surface area contributed by atoms with E-state index in [0.29, 0.717) is 11.3 Å². The zero-order valence-corrected chi connectivity index (χ0v) is 10.7. The van der Waals surface area contributed by atoms with E-state index in [1.807, 2.05) is 18.2 Å². The van der Waals surface area contributed by atoms with Crippen LogP contribution in [-0.4, -0.2) is 11.1 Å². The van der Waals surface area contributed by atoms with Crippen LogP contribution in [0.5, 0.6) is 5.75 Å². The highest BCUT2D eigenvalue weighted by Gasteiger charge is 2.21. The van der Waals surface area contributed by atoms with E-state index in [4.69, 9.17) is 4.74 Å². The van der Waals surface area contributed by atoms with E-state index >= 15 is 0 Å². The summed E-state index contributed by atoms with van der Waals surface area (Å²) in [5.74, 6) is -0.431. The molecule has 0 fully saturated rings. The molecule has 0 amide bonds. The Kier molecular flexibility index (Phi) is 4.18. The lowest BCUT2D eigenvalue weighted by molar-refractivity contribution is -0.145. The third kappa shape index (κ3) is 3.35. The standard InChI is InChI=1S/C16H16O3/c1-2-12-8-10-14(11-9-12)19-15(16(17)18)13-6-4-3-5-7-13/h3-11,15H,2H2,1H3,(H,17,18). The number of aliphatic carboxylic acids is 1. The fourth-order valence-electron chi connectivity index (χ4n) is 1.83. The van der Waals surface area contributed by atoms with Crippen molar-refractivity contribution in [3.8, 4) is 5.75 Å². The monoisotopic (exact) mass is 256 g/mol. The van der Waals surface area contributed by atoms with Crippen LogP contribution in [0, 0.1) is 0 Å². The van der Waals surface area contributed by atoms with Gasteiger partial charge in [-0.15, -0.1) is 0 Å². The van der Waals surface area contributed by atoms with Gasteiger partial charge in [-0.05, 0) is 24.1 Å². The molecule has 0 aromatic heterocycles. The van der Waals surface area contributed by atoms with Gasteiger partial charge in [-0.25, -0.2) is 4.79 Å². The molecule has 19 heavy (non-hydrogen) atoms. The number of carbonyl (C=O) groups is 1. The van der Waals surface area contributed by atoms with Crippen LogP contribution in [-0.2, 0) is 11.2 Å². The van der Waals surface area contributed by atoms with Crippen molar-refractivity contribution in [1.29, 1.82) is 0 Å². The van der Waals surface area contributed by atoms with Gasteiger partial charge in [-0.3, -0.25) is 0 Å². The maximum absolute atomic E-state index is 11.3. The van der Waals surface area contributed by atoms with Gasteiger partial charge in [-0.2, -0.15) is 0 Å². The Morgan fingerprint density at radius 1 is 1.11 bits per heavy atom. The third-order valence-corrected chi connectivity index (χ3v) is 2.91. The van der Waals surface area contributed by atoms with Gasteiger partial charge in [0.05, 0.1) is 0 Å². The highest BCUT2D eigenvalue weighted by molar-refractivity contribution is 5.74. The summed E-state index contributed by atoms with van der Waals surface area (Å²) in [6, 6.07) is 16.4. The van der Waals surface area contributed by atoms with E-state index in [9.17, 15) is 9.90 Å². The van der Waals surface area contributed by atoms with E-state index in [0.717, 1.165) is 6.42 Å². The van der Waals surface area contributed by atoms with Crippen molar-refractivity contribution in [2.24, 2.45) is 0 Å². The van der Waals surface area contributed by atoms with E-state index in [1.165, 1.54) is 5.56 Å². The van der Waals surface area contributed by atoms with E-state index in [-0.39, 0.29) is 0 Å². The number of aryl methyl sites for hydroxylation is 1. The van der Waals surface area contributed by atoms with Gasteiger partial charge in [-0.1, -0.05) is 49.4 Å². The Hall–Kier alpha value is -2.29. The first kappa shape index (κ1) is 13.1. The molecule has 0 aliphatic rings. The lowest BCUT2D eigenvalue weighted by Crippen LogP contribution is -2.18. The number of ether oxygens (including phenoxy) is 1. The summed E-state index contributed by atoms with van der Waals surface area (Å²) in [4.78, 5) is 11.3. The van der Waals surface area contributed by atoms with Gasteiger partial charge in [0.25, 0.3) is 0 Å². The topological polar surface area (TPSA) is 46.5 Å². The summed E-state index contributed by atoms with van der Waals surface area (Å²) in [7, 11) is 0. The van der Waals surface area contributed by atoms with Crippen molar-refractivity contribution >= 4 is 5.97 Å². The number of benzene rings is 2. The Labute approximate surface area is 112 Å². The van der Waals surface area contributed by atoms with Crippen molar-refractivity contribution in [3.63, 3.8) is 0 Å². The highest BCUT2D eigenvalue weighted by Crippen LogP contribution is 2.22. The Bertz CT molecular complexity index is 532. The molecule has 2 aromatic rings. The maximum Gasteiger partial charge on any atom is 0.349 e. The van der Waals surface area contributed by atoms with Crippen LogP contribution < -0.4 is 4.74 Å². The Morgan fingerprint density at radius 3 is 2.26 bits per heavy atom. The largest absolute Gasteiger partial charge is 0.478 e. The first-order valence-electron chi connectivity index (χ1n) is 6.24. The minimum Gasteiger partial charge on any atom is -0.478 e. The summed E-state index contributed by atoms with van der Waals surface area (Å²) in [6.45, 7) is 2.07. The number of carboxylic acid groups (broad SMARTS) is 1. The van der Waals surface area contributed by atoms with Crippen molar-refractivity contribution in [2.75, 3.05) is 0 Å². The van der Waals surface area contributed by atoms with E-state index < -0.39 is 12.1 Å². The molecule has 3 nitrogen and oxygen atoms in total. The Balaban J connectivity index is 2.19. The molecule has 3 heteroatoms. The molecule has 98 valence electrons. The molecule has 0 radical (unpaired) electrons. The minimum atomic E-state index is -0.995. The van der Waals surface area contributed by atoms with Crippen LogP contribution in [0.3, 0.4) is 0 Å². The van der Waals surface area contributed by atoms with Crippen molar-refractivity contribution in [1.82, 2.24) is 0 Å². The first-order chi connectivity index (χ1) is 9.20. The molecule has 2 aromatic carbocycles. The minimum absolute atomic E-state index is 0.563. The average Bonchev–Trinajstić information content (AvgIpc) is 2.46. The van der Waals surface area contributed by atoms with Gasteiger partial charge >= 0.3 is 5.97 Å². The van der Waals surface area contributed by atoms with Gasteiger partial charge in [0.1, 0.15) is 5.75 Å². The van der Waals surface area contributed by atoms with Gasteiger partial charge in [0, 0.05) is 5.56 Å². The molecular weight excluding hydrogens is 240 g/mol. The highest BCUT2D eigenvalue weighted by atomic mass is 16.5. The number of rotatable bonds is 5. The number of hydrogen-bond acceptors (Lipinski definition) is 2. The zero-order chi connectivity index (χ0) is 13.7. The van der Waals surface area contributed by atoms with Crippen LogP contribution in [0.1, 0.15) is 24.2 Å². The smallest absolute Gasteiger partial charge is 0.349 e. The van der Waals surface area contributed by atoms with Crippen LogP contribution in [0.4, 0.5) is 0 Å². The van der Waals surface area contributed by atoms with Gasteiger partial charge in [0.2, 0.25) is 6.10 Å². The normalized spacial score (nSPS) is 11.8. The Morgan fingerprint density at radius 2 is 1.74 bits per heavy atom. The summed E-state index contributed by atoms with van der Waals surface area (Å²) in [5, 5.41) is 9.26. The second-order valence-electron chi connectivity index (χ2n) is 4.24. The quantitative estimate of drug-likeness (QED) is 0.891. The van der Waals surface area contributed by atoms with Crippen LogP contribution in [0.15, 0.2) is 54.6 Å². The SMILES string of the molecule is CCc1ccc(OC(C(=O)O)c2ccccc2)cc1. The van der Waals surface area contributed by atoms with Crippen molar-refractivity contribution in [2.45, 2.75) is 19.4 Å². The van der Waals surface area contributed by atoms with Gasteiger partial charge < -0.3 is 9.84 Å². The molecule has 0 saturated heterocycles. The summed E-state index contributed by atoms with van der Waals surface area (Å²) >= 11 is 0. The second-order valence-corrected chi connectivity index (χ2v) is 4.24. The van der Waals surface area contributed by atoms with Crippen LogP contribution >= 0.6 is 0 Å². The van der Waals surface area contributed by atoms with E-state index in [1.54, 1.807) is 36.4 Å².